The first kappa shape index (κ1) is 15.2. The normalized spacial score (nSPS) is 9.95. The van der Waals surface area contributed by atoms with E-state index in [2.05, 4.69) is 10.6 Å². The number of hydrogen-bond donors (Lipinski definition) is 2. The summed E-state index contributed by atoms with van der Waals surface area (Å²) >= 11 is 5.02. The average Bonchev–Trinajstić information content (AvgIpc) is 2.36. The molecular formula is C13H18N2O3S. The van der Waals surface area contributed by atoms with E-state index in [0.29, 0.717) is 22.2 Å². The lowest BCUT2D eigenvalue weighted by atomic mass is 10.2. The molecule has 1 aromatic rings. The lowest BCUT2D eigenvalue weighted by Gasteiger charge is -2.13. The predicted octanol–water partition coefficient (Wildman–Crippen LogP) is 1.72. The van der Waals surface area contributed by atoms with Crippen LogP contribution in [0.2, 0.25) is 0 Å². The summed E-state index contributed by atoms with van der Waals surface area (Å²) in [5, 5.41) is 5.83. The van der Waals surface area contributed by atoms with Gasteiger partial charge in [0, 0.05) is 17.7 Å². The van der Waals surface area contributed by atoms with Gasteiger partial charge in [0.25, 0.3) is 5.91 Å². The zero-order valence-corrected chi connectivity index (χ0v) is 12.3. The maximum atomic E-state index is 12.0. The Kier molecular flexibility index (Phi) is 5.57. The quantitative estimate of drug-likeness (QED) is 0.823. The van der Waals surface area contributed by atoms with Crippen molar-refractivity contribution in [3.05, 3.63) is 23.8 Å². The third-order valence-electron chi connectivity index (χ3n) is 2.26. The van der Waals surface area contributed by atoms with E-state index in [0.717, 1.165) is 0 Å². The van der Waals surface area contributed by atoms with Gasteiger partial charge in [0.15, 0.2) is 5.11 Å². The molecule has 2 N–H and O–H groups in total. The lowest BCUT2D eigenvalue weighted by Crippen LogP contribution is -2.42. The molecule has 0 atom stereocenters. The average molecular weight is 282 g/mol. The third-order valence-corrected chi connectivity index (χ3v) is 2.48. The molecule has 0 bridgehead atoms. The second-order valence-corrected chi connectivity index (χ2v) is 4.59. The summed E-state index contributed by atoms with van der Waals surface area (Å²) in [4.78, 5) is 12.0. The fraction of sp³-hybridized carbons (Fsp3) is 0.385. The first-order valence-corrected chi connectivity index (χ1v) is 6.22. The fourth-order valence-corrected chi connectivity index (χ4v) is 1.74. The van der Waals surface area contributed by atoms with Gasteiger partial charge in [0.1, 0.15) is 11.5 Å². The van der Waals surface area contributed by atoms with Crippen LogP contribution in [-0.2, 0) is 0 Å². The van der Waals surface area contributed by atoms with Crippen molar-refractivity contribution in [1.82, 2.24) is 10.6 Å². The molecule has 0 aliphatic carbocycles. The summed E-state index contributed by atoms with van der Waals surface area (Å²) in [6.07, 6.45) is 0. The Morgan fingerprint density at radius 3 is 2.11 bits per heavy atom. The highest BCUT2D eigenvalue weighted by Crippen LogP contribution is 2.22. The zero-order valence-electron chi connectivity index (χ0n) is 11.4. The Morgan fingerprint density at radius 2 is 1.68 bits per heavy atom. The molecule has 0 aromatic heterocycles. The largest absolute Gasteiger partial charge is 0.497 e. The third kappa shape index (κ3) is 4.75. The molecular weight excluding hydrogens is 264 g/mol. The summed E-state index contributed by atoms with van der Waals surface area (Å²) in [5.74, 6) is 0.787. The van der Waals surface area contributed by atoms with Crippen molar-refractivity contribution in [2.45, 2.75) is 19.9 Å². The number of hydrogen-bond acceptors (Lipinski definition) is 4. The van der Waals surface area contributed by atoms with E-state index in [9.17, 15) is 4.79 Å². The number of nitrogens with one attached hydrogen (secondary N) is 2. The Labute approximate surface area is 118 Å². The van der Waals surface area contributed by atoms with Crippen LogP contribution in [0, 0.1) is 0 Å². The van der Waals surface area contributed by atoms with Crippen molar-refractivity contribution < 1.29 is 14.3 Å². The maximum Gasteiger partial charge on any atom is 0.257 e. The number of rotatable bonds is 4. The highest BCUT2D eigenvalue weighted by molar-refractivity contribution is 7.80. The predicted molar refractivity (Wildman–Crippen MR) is 77.9 cm³/mol. The van der Waals surface area contributed by atoms with Gasteiger partial charge >= 0.3 is 0 Å². The molecule has 1 amide bonds. The van der Waals surface area contributed by atoms with E-state index < -0.39 is 0 Å². The Bertz CT molecular complexity index is 453. The highest BCUT2D eigenvalue weighted by Gasteiger charge is 2.11. The van der Waals surface area contributed by atoms with Crippen molar-refractivity contribution in [3.8, 4) is 11.5 Å². The molecule has 0 heterocycles. The monoisotopic (exact) mass is 282 g/mol. The molecule has 0 fully saturated rings. The van der Waals surface area contributed by atoms with E-state index in [1.807, 2.05) is 13.8 Å². The van der Waals surface area contributed by atoms with Gasteiger partial charge in [0.05, 0.1) is 14.2 Å². The van der Waals surface area contributed by atoms with Crippen LogP contribution < -0.4 is 20.1 Å². The van der Waals surface area contributed by atoms with Crippen LogP contribution in [0.5, 0.6) is 11.5 Å². The standard InChI is InChI=1S/C13H18N2O3S/c1-8(2)14-13(19)15-12(16)9-5-10(17-3)7-11(6-9)18-4/h5-8H,1-4H3,(H2,14,15,16,19). The smallest absolute Gasteiger partial charge is 0.257 e. The van der Waals surface area contributed by atoms with Crippen LogP contribution in [0.1, 0.15) is 24.2 Å². The van der Waals surface area contributed by atoms with Crippen molar-refractivity contribution in [3.63, 3.8) is 0 Å². The van der Waals surface area contributed by atoms with Gasteiger partial charge < -0.3 is 14.8 Å². The van der Waals surface area contributed by atoms with Crippen LogP contribution in [0.4, 0.5) is 0 Å². The molecule has 0 saturated carbocycles. The highest BCUT2D eigenvalue weighted by atomic mass is 32.1. The van der Waals surface area contributed by atoms with Crippen LogP contribution in [-0.4, -0.2) is 31.3 Å². The van der Waals surface area contributed by atoms with Crippen molar-refractivity contribution in [1.29, 1.82) is 0 Å². The van der Waals surface area contributed by atoms with Crippen LogP contribution >= 0.6 is 12.2 Å². The number of ether oxygens (including phenoxy) is 2. The summed E-state index contributed by atoms with van der Waals surface area (Å²) < 4.78 is 10.2. The van der Waals surface area contributed by atoms with E-state index in [1.54, 1.807) is 18.2 Å². The number of amides is 1. The second-order valence-electron chi connectivity index (χ2n) is 4.18. The minimum atomic E-state index is -0.310. The van der Waals surface area contributed by atoms with E-state index in [-0.39, 0.29) is 11.9 Å². The first-order valence-electron chi connectivity index (χ1n) is 5.81. The molecule has 0 saturated heterocycles. The van der Waals surface area contributed by atoms with Crippen LogP contribution in [0.25, 0.3) is 0 Å². The first-order chi connectivity index (χ1) is 8.96. The molecule has 0 aliphatic rings. The Balaban J connectivity index is 2.84. The molecule has 0 spiro atoms. The van der Waals surface area contributed by atoms with Crippen LogP contribution in [0.3, 0.4) is 0 Å². The van der Waals surface area contributed by atoms with E-state index in [1.165, 1.54) is 14.2 Å². The lowest BCUT2D eigenvalue weighted by molar-refractivity contribution is 0.0976. The van der Waals surface area contributed by atoms with Gasteiger partial charge in [0.2, 0.25) is 0 Å². The SMILES string of the molecule is COc1cc(OC)cc(C(=O)NC(=S)NC(C)C)c1. The topological polar surface area (TPSA) is 59.6 Å². The molecule has 5 nitrogen and oxygen atoms in total. The fourth-order valence-electron chi connectivity index (χ4n) is 1.41. The molecule has 1 rings (SSSR count). The molecule has 0 aliphatic heterocycles. The number of carbonyl (C=O) groups excluding carboxylic acids is 1. The van der Waals surface area contributed by atoms with Gasteiger partial charge in [-0.3, -0.25) is 10.1 Å². The van der Waals surface area contributed by atoms with Crippen molar-refractivity contribution >= 4 is 23.2 Å². The Morgan fingerprint density at radius 1 is 1.16 bits per heavy atom. The molecule has 0 unspecified atom stereocenters. The van der Waals surface area contributed by atoms with Gasteiger partial charge in [-0.25, -0.2) is 0 Å². The summed E-state index contributed by atoms with van der Waals surface area (Å²) in [6, 6.07) is 5.10. The number of thiocarbonyl (C=S) groups is 1. The minimum absolute atomic E-state index is 0.160. The second kappa shape index (κ2) is 6.94. The van der Waals surface area contributed by atoms with Crippen molar-refractivity contribution in [2.24, 2.45) is 0 Å². The molecule has 104 valence electrons. The maximum absolute atomic E-state index is 12.0. The van der Waals surface area contributed by atoms with Crippen LogP contribution in [0.15, 0.2) is 18.2 Å². The van der Waals surface area contributed by atoms with E-state index >= 15 is 0 Å². The summed E-state index contributed by atoms with van der Waals surface area (Å²) in [7, 11) is 3.06. The van der Waals surface area contributed by atoms with Gasteiger partial charge in [-0.2, -0.15) is 0 Å². The summed E-state index contributed by atoms with van der Waals surface area (Å²) in [6.45, 7) is 3.88. The molecule has 0 radical (unpaired) electrons. The van der Waals surface area contributed by atoms with E-state index in [4.69, 9.17) is 21.7 Å². The van der Waals surface area contributed by atoms with Gasteiger partial charge in [-0.1, -0.05) is 0 Å². The van der Waals surface area contributed by atoms with Crippen molar-refractivity contribution in [2.75, 3.05) is 14.2 Å². The number of benzene rings is 1. The summed E-state index contributed by atoms with van der Waals surface area (Å²) in [5.41, 5.74) is 0.420. The minimum Gasteiger partial charge on any atom is -0.497 e. The zero-order chi connectivity index (χ0) is 14.4. The molecule has 19 heavy (non-hydrogen) atoms. The molecule has 1 aromatic carbocycles. The number of carbonyl (C=O) groups is 1. The Hall–Kier alpha value is -1.82. The van der Waals surface area contributed by atoms with Gasteiger partial charge in [-0.15, -0.1) is 0 Å². The van der Waals surface area contributed by atoms with Gasteiger partial charge in [-0.05, 0) is 38.2 Å². The number of methoxy groups -OCH3 is 2. The molecule has 6 heteroatoms.